The molecule has 1 aliphatic heterocycles. The average molecular weight is 557 g/mol. The van der Waals surface area contributed by atoms with Crippen molar-refractivity contribution in [2.45, 2.75) is 65.6 Å². The molecule has 0 saturated carbocycles. The number of benzene rings is 2. The Hall–Kier alpha value is -4.11. The van der Waals surface area contributed by atoms with E-state index in [0.29, 0.717) is 23.8 Å². The van der Waals surface area contributed by atoms with E-state index in [2.05, 4.69) is 45.6 Å². The molecule has 0 bridgehead atoms. The maximum absolute atomic E-state index is 13.8. The van der Waals surface area contributed by atoms with Crippen molar-refractivity contribution in [1.29, 1.82) is 0 Å². The smallest absolute Gasteiger partial charge is 0.420 e. The lowest BCUT2D eigenvalue weighted by atomic mass is 10.0. The topological polar surface area (TPSA) is 84.2 Å². The maximum Gasteiger partial charge on any atom is 0.420 e. The Morgan fingerprint density at radius 2 is 1.85 bits per heavy atom. The SMILES string of the molecule is CCOc1ccc(N(C(=O)OC(C)(C)C)c2c(C)c(N[C@H]3CCCN(Cc4ccccc4)C3)nc3ccnn23)cc1. The highest BCUT2D eigenvalue weighted by Crippen LogP contribution is 2.35. The molecule has 0 unspecified atom stereocenters. The summed E-state index contributed by atoms with van der Waals surface area (Å²) in [5.74, 6) is 2.05. The van der Waals surface area contributed by atoms with E-state index < -0.39 is 11.7 Å². The molecule has 1 N–H and O–H groups in total. The first kappa shape index (κ1) is 28.4. The van der Waals surface area contributed by atoms with Gasteiger partial charge in [0.15, 0.2) is 11.5 Å². The predicted molar refractivity (Wildman–Crippen MR) is 162 cm³/mol. The van der Waals surface area contributed by atoms with E-state index in [1.807, 2.05) is 65.0 Å². The van der Waals surface area contributed by atoms with Crippen molar-refractivity contribution in [3.8, 4) is 5.75 Å². The second-order valence-corrected chi connectivity index (χ2v) is 11.5. The van der Waals surface area contributed by atoms with Gasteiger partial charge >= 0.3 is 6.09 Å². The highest BCUT2D eigenvalue weighted by Gasteiger charge is 2.31. The van der Waals surface area contributed by atoms with E-state index in [9.17, 15) is 4.79 Å². The number of hydrogen-bond acceptors (Lipinski definition) is 7. The molecule has 3 heterocycles. The van der Waals surface area contributed by atoms with Crippen LogP contribution in [0.1, 0.15) is 51.7 Å². The van der Waals surface area contributed by atoms with Gasteiger partial charge in [0.1, 0.15) is 17.2 Å². The van der Waals surface area contributed by atoms with Crippen LogP contribution in [0.4, 0.5) is 22.1 Å². The highest BCUT2D eigenvalue weighted by molar-refractivity contribution is 5.97. The van der Waals surface area contributed by atoms with Crippen molar-refractivity contribution in [2.75, 3.05) is 29.9 Å². The molecule has 0 spiro atoms. The molecule has 216 valence electrons. The number of fused-ring (bicyclic) bond motifs is 1. The van der Waals surface area contributed by atoms with Gasteiger partial charge < -0.3 is 14.8 Å². The fraction of sp³-hybridized carbons (Fsp3) is 0.406. The minimum atomic E-state index is -0.684. The maximum atomic E-state index is 13.8. The first-order valence-electron chi connectivity index (χ1n) is 14.3. The minimum Gasteiger partial charge on any atom is -0.494 e. The van der Waals surface area contributed by atoms with Crippen LogP contribution in [0.5, 0.6) is 5.75 Å². The zero-order chi connectivity index (χ0) is 29.0. The molecule has 5 rings (SSSR count). The second kappa shape index (κ2) is 12.2. The number of likely N-dealkylation sites (tertiary alicyclic amines) is 1. The van der Waals surface area contributed by atoms with Gasteiger partial charge in [0.25, 0.3) is 0 Å². The Morgan fingerprint density at radius 1 is 1.10 bits per heavy atom. The number of piperidine rings is 1. The van der Waals surface area contributed by atoms with Crippen molar-refractivity contribution in [1.82, 2.24) is 19.5 Å². The molecule has 0 aliphatic carbocycles. The normalized spacial score (nSPS) is 16.0. The summed E-state index contributed by atoms with van der Waals surface area (Å²) in [4.78, 5) is 22.8. The largest absolute Gasteiger partial charge is 0.494 e. The lowest BCUT2D eigenvalue weighted by Gasteiger charge is -2.34. The van der Waals surface area contributed by atoms with Gasteiger partial charge in [-0.1, -0.05) is 30.3 Å². The summed E-state index contributed by atoms with van der Waals surface area (Å²) < 4.78 is 13.2. The van der Waals surface area contributed by atoms with Crippen molar-refractivity contribution >= 4 is 29.1 Å². The Balaban J connectivity index is 1.49. The molecule has 9 heteroatoms. The van der Waals surface area contributed by atoms with E-state index in [4.69, 9.17) is 14.5 Å². The van der Waals surface area contributed by atoms with Crippen LogP contribution in [0.3, 0.4) is 0 Å². The van der Waals surface area contributed by atoms with Gasteiger partial charge in [0.05, 0.1) is 18.5 Å². The Bertz CT molecular complexity index is 1460. The number of aromatic nitrogens is 3. The van der Waals surface area contributed by atoms with Crippen LogP contribution in [0.15, 0.2) is 66.9 Å². The second-order valence-electron chi connectivity index (χ2n) is 11.5. The van der Waals surface area contributed by atoms with Crippen molar-refractivity contribution < 1.29 is 14.3 Å². The van der Waals surface area contributed by atoms with Crippen LogP contribution in [0, 0.1) is 6.92 Å². The fourth-order valence-corrected chi connectivity index (χ4v) is 5.24. The molecule has 9 nitrogen and oxygen atoms in total. The molecule has 2 aromatic carbocycles. The quantitative estimate of drug-likeness (QED) is 0.262. The summed E-state index contributed by atoms with van der Waals surface area (Å²) in [7, 11) is 0. The number of carbonyl (C=O) groups excluding carboxylic acids is 1. The van der Waals surface area contributed by atoms with E-state index in [0.717, 1.165) is 49.6 Å². The number of nitrogens with zero attached hydrogens (tertiary/aromatic N) is 5. The van der Waals surface area contributed by atoms with Crippen LogP contribution in [-0.2, 0) is 11.3 Å². The van der Waals surface area contributed by atoms with Gasteiger partial charge in [-0.15, -0.1) is 0 Å². The van der Waals surface area contributed by atoms with Gasteiger partial charge in [-0.05, 0) is 83.8 Å². The zero-order valence-corrected chi connectivity index (χ0v) is 24.6. The molecule has 2 aromatic heterocycles. The van der Waals surface area contributed by atoms with Gasteiger partial charge in [0, 0.05) is 30.8 Å². The van der Waals surface area contributed by atoms with E-state index >= 15 is 0 Å². The molecular formula is C32H40N6O3. The van der Waals surface area contributed by atoms with Crippen LogP contribution >= 0.6 is 0 Å². The number of hydrogen-bond donors (Lipinski definition) is 1. The van der Waals surface area contributed by atoms with Gasteiger partial charge in [-0.2, -0.15) is 9.61 Å². The molecule has 1 saturated heterocycles. The molecule has 1 amide bonds. The minimum absolute atomic E-state index is 0.220. The first-order valence-corrected chi connectivity index (χ1v) is 14.3. The third-order valence-corrected chi connectivity index (χ3v) is 7.03. The number of nitrogens with one attached hydrogen (secondary N) is 1. The predicted octanol–water partition coefficient (Wildman–Crippen LogP) is 6.59. The summed E-state index contributed by atoms with van der Waals surface area (Å²) in [6.45, 7) is 13.0. The van der Waals surface area contributed by atoms with E-state index in [1.165, 1.54) is 5.56 Å². The first-order chi connectivity index (χ1) is 19.7. The number of amides is 1. The monoisotopic (exact) mass is 556 g/mol. The summed E-state index contributed by atoms with van der Waals surface area (Å²) in [6.07, 6.45) is 3.34. The lowest BCUT2D eigenvalue weighted by Crippen LogP contribution is -2.42. The van der Waals surface area contributed by atoms with Crippen molar-refractivity contribution in [3.05, 3.63) is 78.0 Å². The molecule has 41 heavy (non-hydrogen) atoms. The van der Waals surface area contributed by atoms with Gasteiger partial charge in [0.2, 0.25) is 0 Å². The van der Waals surface area contributed by atoms with E-state index in [1.54, 1.807) is 15.6 Å². The number of rotatable bonds is 8. The van der Waals surface area contributed by atoms with Gasteiger partial charge in [-0.25, -0.2) is 14.7 Å². The summed E-state index contributed by atoms with van der Waals surface area (Å²) >= 11 is 0. The Kier molecular flexibility index (Phi) is 8.44. The molecule has 4 aromatic rings. The van der Waals surface area contributed by atoms with Crippen LogP contribution < -0.4 is 15.0 Å². The summed E-state index contributed by atoms with van der Waals surface area (Å²) in [5, 5.41) is 8.26. The summed E-state index contributed by atoms with van der Waals surface area (Å²) in [6, 6.07) is 20.1. The zero-order valence-electron chi connectivity index (χ0n) is 24.6. The molecule has 1 aliphatic rings. The molecule has 1 fully saturated rings. The average Bonchev–Trinajstić information content (AvgIpc) is 3.40. The third kappa shape index (κ3) is 6.79. The van der Waals surface area contributed by atoms with Crippen LogP contribution in [0.25, 0.3) is 5.65 Å². The molecular weight excluding hydrogens is 516 g/mol. The number of carbonyl (C=O) groups is 1. The highest BCUT2D eigenvalue weighted by atomic mass is 16.6. The molecule has 1 atom stereocenters. The van der Waals surface area contributed by atoms with E-state index in [-0.39, 0.29) is 6.04 Å². The van der Waals surface area contributed by atoms with Crippen LogP contribution in [-0.4, -0.2) is 56.9 Å². The Morgan fingerprint density at radius 3 is 2.56 bits per heavy atom. The fourth-order valence-electron chi connectivity index (χ4n) is 5.24. The standard InChI is InChI=1S/C32H40N6O3/c1-6-40-27-16-14-26(15-17-27)37(31(39)41-32(3,4)5)30-23(2)29(35-28-18-19-33-38(28)30)34-25-13-10-20-36(22-25)21-24-11-8-7-9-12-24/h7-9,11-12,14-19,25H,6,10,13,20-22H2,1-5H3,(H,34,35)/t25-/m0/s1. The summed E-state index contributed by atoms with van der Waals surface area (Å²) in [5.41, 5.74) is 2.72. The van der Waals surface area contributed by atoms with Gasteiger partial charge in [-0.3, -0.25) is 4.90 Å². The van der Waals surface area contributed by atoms with Crippen LogP contribution in [0.2, 0.25) is 0 Å². The lowest BCUT2D eigenvalue weighted by molar-refractivity contribution is 0.0597. The Labute approximate surface area is 242 Å². The van der Waals surface area contributed by atoms with Crippen molar-refractivity contribution in [2.24, 2.45) is 0 Å². The number of ether oxygens (including phenoxy) is 2. The number of anilines is 3. The third-order valence-electron chi connectivity index (χ3n) is 7.03. The van der Waals surface area contributed by atoms with Crippen molar-refractivity contribution in [3.63, 3.8) is 0 Å². The molecule has 0 radical (unpaired) electrons.